The van der Waals surface area contributed by atoms with Crippen molar-refractivity contribution in [3.05, 3.63) is 66.7 Å². The fourth-order valence-corrected chi connectivity index (χ4v) is 7.61. The van der Waals surface area contributed by atoms with Crippen molar-refractivity contribution in [3.63, 3.8) is 0 Å². The highest BCUT2D eigenvalue weighted by atomic mass is 127. The van der Waals surface area contributed by atoms with E-state index in [0.717, 1.165) is 35.4 Å². The molecule has 0 aliphatic carbocycles. The van der Waals surface area contributed by atoms with E-state index in [9.17, 15) is 8.42 Å². The van der Waals surface area contributed by atoms with Crippen LogP contribution in [0.3, 0.4) is 0 Å². The van der Waals surface area contributed by atoms with E-state index in [1.54, 1.807) is 31.4 Å². The Morgan fingerprint density at radius 1 is 0.878 bits per heavy atom. The summed E-state index contributed by atoms with van der Waals surface area (Å²) in [6.45, 7) is 4.57. The number of fused-ring (bicyclic) bond motifs is 1. The van der Waals surface area contributed by atoms with Crippen molar-refractivity contribution in [1.29, 1.82) is 0 Å². The highest BCUT2D eigenvalue weighted by molar-refractivity contribution is 14.2. The van der Waals surface area contributed by atoms with Crippen LogP contribution in [-0.2, 0) is 7.01 Å². The topological polar surface area (TPSA) is 99.7 Å². The number of hydrogen-bond donors (Lipinski definition) is 2. The second kappa shape index (κ2) is 12.0. The lowest BCUT2D eigenvalue weighted by molar-refractivity contribution is 0.208. The summed E-state index contributed by atoms with van der Waals surface area (Å²) in [6, 6.07) is 21.3. The summed E-state index contributed by atoms with van der Waals surface area (Å²) in [5.74, 6) is 1.58. The van der Waals surface area contributed by atoms with Crippen LogP contribution in [0.25, 0.3) is 10.9 Å². The van der Waals surface area contributed by atoms with Gasteiger partial charge in [0.15, 0.2) is 0 Å². The van der Waals surface area contributed by atoms with Crippen LogP contribution in [0, 0.1) is 0 Å². The first-order chi connectivity index (χ1) is 19.9. The van der Waals surface area contributed by atoms with Gasteiger partial charge in [0.25, 0.3) is 0 Å². The molecule has 0 saturated carbocycles. The fraction of sp³-hybridized carbons (Fsp3) is 0.333. The second-order valence-corrected chi connectivity index (χ2v) is 15.2. The van der Waals surface area contributed by atoms with Crippen molar-refractivity contribution in [2.45, 2.75) is 36.6 Å². The summed E-state index contributed by atoms with van der Waals surface area (Å²) in [6.07, 6.45) is 5.03. The Balaban J connectivity index is 1.25. The van der Waals surface area contributed by atoms with E-state index in [2.05, 4.69) is 32.6 Å². The zero-order chi connectivity index (χ0) is 28.4. The van der Waals surface area contributed by atoms with Gasteiger partial charge >= 0.3 is 0 Å². The predicted molar refractivity (Wildman–Crippen MR) is 173 cm³/mol. The van der Waals surface area contributed by atoms with Gasteiger partial charge in [-0.3, -0.25) is 0 Å². The van der Waals surface area contributed by atoms with Gasteiger partial charge in [0, 0.05) is 36.3 Å². The number of hydrogen-bond acceptors (Lipinski definition) is 9. The van der Waals surface area contributed by atoms with Gasteiger partial charge in [0.2, 0.25) is 13.0 Å². The maximum atomic E-state index is 12.4. The van der Waals surface area contributed by atoms with Crippen molar-refractivity contribution in [2.24, 2.45) is 0 Å². The molecule has 214 valence electrons. The van der Waals surface area contributed by atoms with Crippen molar-refractivity contribution in [3.8, 4) is 5.75 Å². The van der Waals surface area contributed by atoms with Gasteiger partial charge in [-0.25, -0.2) is 13.4 Å². The lowest BCUT2D eigenvalue weighted by atomic mass is 10.0. The van der Waals surface area contributed by atoms with E-state index in [4.69, 9.17) is 14.7 Å². The van der Waals surface area contributed by atoms with Gasteiger partial charge in [0.1, 0.15) is 16.5 Å². The summed E-state index contributed by atoms with van der Waals surface area (Å²) in [5.41, 5.74) is 3.07. The molecule has 0 radical (unpaired) electrons. The van der Waals surface area contributed by atoms with Crippen LogP contribution < -0.4 is 20.3 Å². The van der Waals surface area contributed by atoms with Gasteiger partial charge in [-0.2, -0.15) is 4.98 Å². The summed E-state index contributed by atoms with van der Waals surface area (Å²) in [7, 11) is -1.80. The van der Waals surface area contributed by atoms with Crippen molar-refractivity contribution >= 4 is 67.9 Å². The molecule has 9 nitrogen and oxygen atoms in total. The zero-order valence-electron chi connectivity index (χ0n) is 22.9. The Bertz CT molecular complexity index is 1650. The normalized spacial score (nSPS) is 16.7. The van der Waals surface area contributed by atoms with E-state index in [1.165, 1.54) is 60.0 Å². The number of nitrogens with one attached hydrogen (secondary N) is 2. The summed E-state index contributed by atoms with van der Waals surface area (Å²) < 4.78 is 30.6. The molecule has 0 amide bonds. The largest absolute Gasteiger partial charge is 0.494 e. The average Bonchev–Trinajstić information content (AvgIpc) is 3.53. The molecule has 3 aromatic carbocycles. The molecule has 2 N–H and O–H groups in total. The van der Waals surface area contributed by atoms with E-state index in [-0.39, 0.29) is 4.90 Å². The smallest absolute Gasteiger partial charge is 0.233 e. The number of benzene rings is 3. The molecule has 41 heavy (non-hydrogen) atoms. The van der Waals surface area contributed by atoms with Gasteiger partial charge < -0.3 is 25.2 Å². The molecule has 11 heteroatoms. The molecule has 2 saturated heterocycles. The molecule has 6 rings (SSSR count). The predicted octanol–water partition coefficient (Wildman–Crippen LogP) is 6.31. The van der Waals surface area contributed by atoms with Crippen LogP contribution in [0.1, 0.15) is 25.7 Å². The number of rotatable bonds is 8. The molecule has 0 atom stereocenters. The zero-order valence-corrected chi connectivity index (χ0v) is 25.9. The summed E-state index contributed by atoms with van der Waals surface area (Å²) in [5, 5.41) is 7.34. The average molecular weight is 685 g/mol. The third-order valence-corrected chi connectivity index (χ3v) is 10.2. The third-order valence-electron chi connectivity index (χ3n) is 7.92. The monoisotopic (exact) mass is 684 g/mol. The molecule has 3 heterocycles. The highest BCUT2D eigenvalue weighted by Gasteiger charge is 2.27. The maximum Gasteiger partial charge on any atom is 0.233 e. The van der Waals surface area contributed by atoms with E-state index in [0.29, 0.717) is 29.2 Å². The molecular weight excluding hydrogens is 651 g/mol. The molecule has 4 aromatic rings. The first-order valence-electron chi connectivity index (χ1n) is 13.9. The van der Waals surface area contributed by atoms with Crippen molar-refractivity contribution < 1.29 is 13.2 Å². The Morgan fingerprint density at radius 3 is 2.37 bits per heavy atom. The minimum atomic E-state index is -3.47. The minimum absolute atomic E-state index is 0.194. The fourth-order valence-electron chi connectivity index (χ4n) is 5.83. The lowest BCUT2D eigenvalue weighted by Gasteiger charge is -2.38. The van der Waals surface area contributed by atoms with E-state index < -0.39 is 7.01 Å². The molecule has 2 fully saturated rings. The van der Waals surface area contributed by atoms with Gasteiger partial charge in [-0.15, -0.1) is 0 Å². The number of piperidine rings is 1. The number of aromatic nitrogens is 2. The third kappa shape index (κ3) is 6.21. The number of para-hydroxylation sites is 2. The first-order valence-corrected chi connectivity index (χ1v) is 17.9. The molecule has 1 aromatic heterocycles. The minimum Gasteiger partial charge on any atom is -0.494 e. The van der Waals surface area contributed by atoms with Crippen LogP contribution in [0.5, 0.6) is 5.75 Å². The SMILES string of the molecule is COc1cc(N2CCC(N3CCCC3)CC2)ccc1Nc1nc(Nc2ccccc2S(=O)(=O)I)c2ccccc2n1. The van der Waals surface area contributed by atoms with Gasteiger partial charge in [0.05, 0.1) is 45.2 Å². The summed E-state index contributed by atoms with van der Waals surface area (Å²) >= 11 is 1.45. The van der Waals surface area contributed by atoms with Crippen LogP contribution in [-0.4, -0.2) is 62.6 Å². The standard InChI is InChI=1S/C30H33IN6O3S/c1-40-27-20-22(37-18-14-21(15-19-37)36-16-6-7-17-36)12-13-25(27)34-30-33-24-9-3-2-8-23(24)29(35-30)32-26-10-4-5-11-28(26)41(31,38)39/h2-5,8-13,20-21H,6-7,14-19H2,1H3,(H2,32,33,34,35). The summed E-state index contributed by atoms with van der Waals surface area (Å²) in [4.78, 5) is 14.8. The molecule has 0 spiro atoms. The Morgan fingerprint density at radius 2 is 1.61 bits per heavy atom. The Kier molecular flexibility index (Phi) is 8.18. The van der Waals surface area contributed by atoms with Crippen LogP contribution in [0.15, 0.2) is 71.6 Å². The lowest BCUT2D eigenvalue weighted by Crippen LogP contribution is -2.43. The molecular formula is C30H33IN6O3S. The number of nitrogens with zero attached hydrogens (tertiary/aromatic N) is 4. The van der Waals surface area contributed by atoms with E-state index in [1.807, 2.05) is 30.3 Å². The van der Waals surface area contributed by atoms with Crippen LogP contribution in [0.2, 0.25) is 0 Å². The molecule has 0 bridgehead atoms. The van der Waals surface area contributed by atoms with Gasteiger partial charge in [-0.1, -0.05) is 24.3 Å². The maximum absolute atomic E-state index is 12.4. The number of anilines is 5. The van der Waals surface area contributed by atoms with Crippen LogP contribution >= 0.6 is 21.2 Å². The molecule has 0 unspecified atom stereocenters. The number of likely N-dealkylation sites (tertiary alicyclic amines) is 1. The quantitative estimate of drug-likeness (QED) is 0.163. The highest BCUT2D eigenvalue weighted by Crippen LogP contribution is 2.35. The second-order valence-electron chi connectivity index (χ2n) is 10.4. The molecule has 2 aliphatic heterocycles. The van der Waals surface area contributed by atoms with Gasteiger partial charge in [-0.05, 0) is 75.2 Å². The Hall–Kier alpha value is -3.16. The number of halogens is 1. The van der Waals surface area contributed by atoms with Crippen LogP contribution in [0.4, 0.5) is 28.8 Å². The van der Waals surface area contributed by atoms with Crippen molar-refractivity contribution in [1.82, 2.24) is 14.9 Å². The molecule has 2 aliphatic rings. The number of ether oxygens (including phenoxy) is 1. The van der Waals surface area contributed by atoms with E-state index >= 15 is 0 Å². The Labute approximate surface area is 252 Å². The van der Waals surface area contributed by atoms with Crippen molar-refractivity contribution in [2.75, 3.05) is 48.8 Å². The first kappa shape index (κ1) is 28.0. The number of methoxy groups -OCH3 is 1.